The van der Waals surface area contributed by atoms with E-state index in [2.05, 4.69) is 19.4 Å². The van der Waals surface area contributed by atoms with E-state index in [4.69, 9.17) is 4.98 Å². The molecule has 1 aromatic carbocycles. The topological polar surface area (TPSA) is 51.4 Å². The lowest BCUT2D eigenvalue weighted by molar-refractivity contribution is -0.858. The lowest BCUT2D eigenvalue weighted by atomic mass is 10.1. The van der Waals surface area contributed by atoms with Crippen LogP contribution in [-0.2, 0) is 12.8 Å². The van der Waals surface area contributed by atoms with Crippen molar-refractivity contribution in [3.8, 4) is 5.69 Å². The standard InChI is InChI=1S/C22H27FN4OS/c1-26(2)14-6-13-24-22-25-20-19(17-7-4-3-5-8-18(17)29-20)21(28)27(22)16-11-9-15(23)10-12-16/h9-12H,3-8,13-14H2,1-2H3,(H,24,25)/p+1. The van der Waals surface area contributed by atoms with Crippen molar-refractivity contribution in [1.82, 2.24) is 9.55 Å². The summed E-state index contributed by atoms with van der Waals surface area (Å²) in [7, 11) is 4.25. The fourth-order valence-electron chi connectivity index (χ4n) is 3.97. The summed E-state index contributed by atoms with van der Waals surface area (Å²) in [4.78, 5) is 22.0. The van der Waals surface area contributed by atoms with Gasteiger partial charge in [-0.3, -0.25) is 4.79 Å². The van der Waals surface area contributed by atoms with Crippen LogP contribution >= 0.6 is 11.3 Å². The molecule has 0 unspecified atom stereocenters. The van der Waals surface area contributed by atoms with Gasteiger partial charge in [-0.05, 0) is 55.5 Å². The molecule has 2 aromatic heterocycles. The minimum atomic E-state index is -0.316. The predicted molar refractivity (Wildman–Crippen MR) is 117 cm³/mol. The number of quaternary nitrogens is 1. The molecule has 1 aliphatic carbocycles. The number of benzene rings is 1. The highest BCUT2D eigenvalue weighted by atomic mass is 32.1. The summed E-state index contributed by atoms with van der Waals surface area (Å²) in [6.07, 6.45) is 6.43. The largest absolute Gasteiger partial charge is 0.355 e. The summed E-state index contributed by atoms with van der Waals surface area (Å²) < 4.78 is 15.1. The molecule has 0 saturated carbocycles. The first-order valence-corrected chi connectivity index (χ1v) is 11.2. The molecular weight excluding hydrogens is 387 g/mol. The van der Waals surface area contributed by atoms with Gasteiger partial charge < -0.3 is 10.2 Å². The second-order valence-corrected chi connectivity index (χ2v) is 9.12. The fraction of sp³-hybridized carbons (Fsp3) is 0.455. The lowest BCUT2D eigenvalue weighted by Crippen LogP contribution is -3.05. The lowest BCUT2D eigenvalue weighted by Gasteiger charge is -2.15. The molecule has 0 amide bonds. The van der Waals surface area contributed by atoms with Gasteiger partial charge in [0.15, 0.2) is 0 Å². The number of nitrogens with one attached hydrogen (secondary N) is 2. The molecule has 154 valence electrons. The minimum absolute atomic E-state index is 0.0539. The Bertz CT molecular complexity index is 1060. The maximum Gasteiger partial charge on any atom is 0.268 e. The summed E-state index contributed by atoms with van der Waals surface area (Å²) in [6.45, 7) is 1.76. The Morgan fingerprint density at radius 3 is 2.69 bits per heavy atom. The zero-order valence-corrected chi connectivity index (χ0v) is 17.9. The fourth-order valence-corrected chi connectivity index (χ4v) is 5.22. The smallest absolute Gasteiger partial charge is 0.268 e. The van der Waals surface area contributed by atoms with Crippen molar-refractivity contribution in [3.63, 3.8) is 0 Å². The predicted octanol–water partition coefficient (Wildman–Crippen LogP) is 2.80. The van der Waals surface area contributed by atoms with E-state index in [0.717, 1.165) is 49.0 Å². The van der Waals surface area contributed by atoms with Gasteiger partial charge in [-0.25, -0.2) is 13.9 Å². The number of rotatable bonds is 6. The molecule has 0 aliphatic heterocycles. The number of thiophene rings is 1. The Labute approximate surface area is 174 Å². The van der Waals surface area contributed by atoms with E-state index < -0.39 is 0 Å². The van der Waals surface area contributed by atoms with Gasteiger partial charge in [0.25, 0.3) is 5.56 Å². The van der Waals surface area contributed by atoms with Gasteiger partial charge in [-0.1, -0.05) is 6.42 Å². The van der Waals surface area contributed by atoms with Crippen molar-refractivity contribution in [2.45, 2.75) is 38.5 Å². The molecule has 3 aromatic rings. The van der Waals surface area contributed by atoms with Crippen LogP contribution in [0.25, 0.3) is 15.9 Å². The van der Waals surface area contributed by atoms with Gasteiger partial charge in [0.1, 0.15) is 10.6 Å². The quantitative estimate of drug-likeness (QED) is 0.481. The van der Waals surface area contributed by atoms with Crippen molar-refractivity contribution in [2.24, 2.45) is 0 Å². The molecule has 4 rings (SSSR count). The molecule has 2 N–H and O–H groups in total. The molecule has 0 radical (unpaired) electrons. The third-order valence-electron chi connectivity index (χ3n) is 5.46. The molecule has 29 heavy (non-hydrogen) atoms. The zero-order valence-electron chi connectivity index (χ0n) is 17.1. The molecule has 0 fully saturated rings. The molecule has 0 spiro atoms. The maximum atomic E-state index is 13.6. The molecule has 2 heterocycles. The maximum absolute atomic E-state index is 13.6. The Morgan fingerprint density at radius 1 is 1.17 bits per heavy atom. The van der Waals surface area contributed by atoms with Crippen LogP contribution in [0.5, 0.6) is 0 Å². The Balaban J connectivity index is 1.82. The van der Waals surface area contributed by atoms with Gasteiger partial charge in [0, 0.05) is 17.8 Å². The second kappa shape index (κ2) is 8.63. The van der Waals surface area contributed by atoms with E-state index in [9.17, 15) is 9.18 Å². The molecule has 0 saturated heterocycles. The van der Waals surface area contributed by atoms with Gasteiger partial charge in [-0.15, -0.1) is 11.3 Å². The highest BCUT2D eigenvalue weighted by Gasteiger charge is 2.22. The van der Waals surface area contributed by atoms with Crippen LogP contribution in [-0.4, -0.2) is 36.7 Å². The first-order valence-electron chi connectivity index (χ1n) is 10.4. The Kier molecular flexibility index (Phi) is 5.96. The highest BCUT2D eigenvalue weighted by molar-refractivity contribution is 7.18. The third-order valence-corrected chi connectivity index (χ3v) is 6.65. The van der Waals surface area contributed by atoms with E-state index >= 15 is 0 Å². The monoisotopic (exact) mass is 415 g/mol. The van der Waals surface area contributed by atoms with E-state index in [1.807, 2.05) is 0 Å². The van der Waals surface area contributed by atoms with Crippen molar-refractivity contribution < 1.29 is 9.29 Å². The Hall–Kier alpha value is -2.25. The van der Waals surface area contributed by atoms with Crippen LogP contribution in [0.4, 0.5) is 10.3 Å². The van der Waals surface area contributed by atoms with Crippen LogP contribution in [0.2, 0.25) is 0 Å². The Morgan fingerprint density at radius 2 is 1.93 bits per heavy atom. The summed E-state index contributed by atoms with van der Waals surface area (Å²) >= 11 is 1.66. The molecule has 0 atom stereocenters. The van der Waals surface area contributed by atoms with Crippen LogP contribution < -0.4 is 15.8 Å². The van der Waals surface area contributed by atoms with Crippen molar-refractivity contribution >= 4 is 27.5 Å². The SMILES string of the molecule is C[NH+](C)CCCNc1nc2sc3c(c2c(=O)n1-c1ccc(F)cc1)CCCCC3. The number of hydrogen-bond donors (Lipinski definition) is 2. The summed E-state index contributed by atoms with van der Waals surface area (Å²) in [5.41, 5.74) is 1.76. The van der Waals surface area contributed by atoms with Crippen molar-refractivity contribution in [3.05, 3.63) is 50.9 Å². The molecule has 0 bridgehead atoms. The van der Waals surface area contributed by atoms with Crippen LogP contribution in [0.3, 0.4) is 0 Å². The van der Waals surface area contributed by atoms with Crippen LogP contribution in [0.15, 0.2) is 29.1 Å². The highest BCUT2D eigenvalue weighted by Crippen LogP contribution is 2.34. The average Bonchev–Trinajstić information content (AvgIpc) is 2.88. The van der Waals surface area contributed by atoms with E-state index in [1.165, 1.54) is 40.3 Å². The number of hydrogen-bond acceptors (Lipinski definition) is 4. The first kappa shape index (κ1) is 20.0. The van der Waals surface area contributed by atoms with E-state index in [0.29, 0.717) is 11.6 Å². The third kappa shape index (κ3) is 4.21. The van der Waals surface area contributed by atoms with Gasteiger partial charge >= 0.3 is 0 Å². The summed E-state index contributed by atoms with van der Waals surface area (Å²) in [5, 5.41) is 4.11. The van der Waals surface area contributed by atoms with Crippen molar-refractivity contribution in [1.29, 1.82) is 0 Å². The molecule has 5 nitrogen and oxygen atoms in total. The number of fused-ring (bicyclic) bond motifs is 3. The molecule has 7 heteroatoms. The van der Waals surface area contributed by atoms with Crippen LogP contribution in [0, 0.1) is 5.82 Å². The van der Waals surface area contributed by atoms with E-state index in [-0.39, 0.29) is 11.4 Å². The van der Waals surface area contributed by atoms with E-state index in [1.54, 1.807) is 28.0 Å². The number of anilines is 1. The van der Waals surface area contributed by atoms with Gasteiger partial charge in [-0.2, -0.15) is 0 Å². The summed E-state index contributed by atoms with van der Waals surface area (Å²) in [6, 6.07) is 6.06. The number of halogens is 1. The van der Waals surface area contributed by atoms with Crippen LogP contribution in [0.1, 0.15) is 36.1 Å². The molecular formula is C22H28FN4OS+. The zero-order chi connectivity index (χ0) is 20.4. The summed E-state index contributed by atoms with van der Waals surface area (Å²) in [5.74, 6) is 0.225. The minimum Gasteiger partial charge on any atom is -0.355 e. The number of nitrogens with zero attached hydrogens (tertiary/aromatic N) is 2. The second-order valence-electron chi connectivity index (χ2n) is 8.03. The number of aryl methyl sites for hydroxylation is 2. The van der Waals surface area contributed by atoms with Gasteiger partial charge in [0.05, 0.1) is 31.7 Å². The van der Waals surface area contributed by atoms with Gasteiger partial charge in [0.2, 0.25) is 5.95 Å². The average molecular weight is 416 g/mol. The van der Waals surface area contributed by atoms with Crippen molar-refractivity contribution in [2.75, 3.05) is 32.5 Å². The normalized spacial score (nSPS) is 14.2. The first-order chi connectivity index (χ1) is 14.0. The molecule has 1 aliphatic rings. The number of aromatic nitrogens is 2.